The number of amides is 1. The number of methoxy groups -OCH3 is 1. The smallest absolute Gasteiger partial charge is 0.251 e. The molecule has 0 aliphatic rings. The van der Waals surface area contributed by atoms with E-state index in [0.29, 0.717) is 6.42 Å². The molecule has 31 heavy (non-hydrogen) atoms. The Morgan fingerprint density at radius 2 is 1.55 bits per heavy atom. The van der Waals surface area contributed by atoms with Gasteiger partial charge in [0.2, 0.25) is 20.0 Å². The molecule has 0 aromatic heterocycles. The van der Waals surface area contributed by atoms with Gasteiger partial charge in [-0.25, -0.2) is 26.3 Å². The summed E-state index contributed by atoms with van der Waals surface area (Å²) >= 11 is 0. The Kier molecular flexibility index (Phi) is 8.57. The molecule has 2 aromatic rings. The number of sulfonamides is 2. The van der Waals surface area contributed by atoms with Crippen LogP contribution < -0.4 is 19.5 Å². The highest BCUT2D eigenvalue weighted by Gasteiger charge is 2.21. The van der Waals surface area contributed by atoms with Crippen LogP contribution in [-0.4, -0.2) is 49.5 Å². The van der Waals surface area contributed by atoms with Crippen LogP contribution in [0.5, 0.6) is 5.75 Å². The lowest BCUT2D eigenvalue weighted by molar-refractivity contribution is 0.0954. The van der Waals surface area contributed by atoms with E-state index in [4.69, 9.17) is 4.74 Å². The fraction of sp³-hybridized carbons (Fsp3) is 0.350. The second-order valence-electron chi connectivity index (χ2n) is 6.73. The Balaban J connectivity index is 2.02. The third-order valence-corrected chi connectivity index (χ3v) is 7.25. The van der Waals surface area contributed by atoms with Crippen LogP contribution in [0.25, 0.3) is 0 Å². The highest BCUT2D eigenvalue weighted by atomic mass is 32.2. The molecule has 0 aliphatic heterocycles. The first-order chi connectivity index (χ1) is 14.6. The van der Waals surface area contributed by atoms with E-state index in [2.05, 4.69) is 14.8 Å². The van der Waals surface area contributed by atoms with E-state index in [9.17, 15) is 21.6 Å². The van der Waals surface area contributed by atoms with Crippen LogP contribution in [0.4, 0.5) is 0 Å². The lowest BCUT2D eigenvalue weighted by Crippen LogP contribution is -2.34. The van der Waals surface area contributed by atoms with Crippen molar-refractivity contribution in [2.75, 3.05) is 26.7 Å². The van der Waals surface area contributed by atoms with E-state index in [1.54, 1.807) is 12.1 Å². The molecule has 3 N–H and O–H groups in total. The normalized spacial score (nSPS) is 11.8. The number of carbonyl (C=O) groups excluding carboxylic acids is 1. The van der Waals surface area contributed by atoms with Crippen molar-refractivity contribution in [1.82, 2.24) is 14.8 Å². The van der Waals surface area contributed by atoms with Crippen molar-refractivity contribution >= 4 is 26.0 Å². The molecule has 0 spiro atoms. The summed E-state index contributed by atoms with van der Waals surface area (Å²) in [4.78, 5) is 12.4. The number of nitrogens with one attached hydrogen (secondary N) is 3. The second kappa shape index (κ2) is 10.7. The van der Waals surface area contributed by atoms with Crippen molar-refractivity contribution in [3.8, 4) is 5.75 Å². The molecule has 0 atom stereocenters. The Hall–Kier alpha value is -2.47. The Morgan fingerprint density at radius 1 is 0.903 bits per heavy atom. The van der Waals surface area contributed by atoms with Crippen LogP contribution >= 0.6 is 0 Å². The van der Waals surface area contributed by atoms with Crippen molar-refractivity contribution in [2.45, 2.75) is 30.1 Å². The maximum atomic E-state index is 12.5. The molecule has 170 valence electrons. The summed E-state index contributed by atoms with van der Waals surface area (Å²) < 4.78 is 59.4. The predicted molar refractivity (Wildman–Crippen MR) is 117 cm³/mol. The van der Waals surface area contributed by atoms with Crippen molar-refractivity contribution in [1.29, 1.82) is 0 Å². The molecule has 0 unspecified atom stereocenters. The van der Waals surface area contributed by atoms with E-state index in [1.807, 2.05) is 13.8 Å². The maximum Gasteiger partial charge on any atom is 0.251 e. The second-order valence-corrected chi connectivity index (χ2v) is 10.2. The lowest BCUT2D eigenvalue weighted by Gasteiger charge is -2.12. The number of carbonyl (C=O) groups is 1. The number of benzene rings is 2. The van der Waals surface area contributed by atoms with Gasteiger partial charge in [0.15, 0.2) is 0 Å². The van der Waals surface area contributed by atoms with Crippen molar-refractivity contribution in [3.63, 3.8) is 0 Å². The van der Waals surface area contributed by atoms with Crippen LogP contribution in [0, 0.1) is 6.92 Å². The predicted octanol–water partition coefficient (Wildman–Crippen LogP) is 1.40. The highest BCUT2D eigenvalue weighted by Crippen LogP contribution is 2.24. The van der Waals surface area contributed by atoms with Gasteiger partial charge in [0.05, 0.1) is 12.0 Å². The van der Waals surface area contributed by atoms with Crippen LogP contribution in [0.15, 0.2) is 52.3 Å². The summed E-state index contributed by atoms with van der Waals surface area (Å²) in [5, 5.41) is 2.57. The van der Waals surface area contributed by atoms with E-state index >= 15 is 0 Å². The van der Waals surface area contributed by atoms with Crippen molar-refractivity contribution in [3.05, 3.63) is 53.6 Å². The van der Waals surface area contributed by atoms with Gasteiger partial charge in [0.1, 0.15) is 10.6 Å². The zero-order valence-corrected chi connectivity index (χ0v) is 19.3. The van der Waals surface area contributed by atoms with Crippen LogP contribution in [0.2, 0.25) is 0 Å². The summed E-state index contributed by atoms with van der Waals surface area (Å²) in [5.41, 5.74) is 1.05. The fourth-order valence-corrected chi connectivity index (χ4v) is 4.96. The Labute approximate surface area is 183 Å². The molecule has 0 radical (unpaired) electrons. The molecule has 0 saturated heterocycles. The maximum absolute atomic E-state index is 12.5. The highest BCUT2D eigenvalue weighted by molar-refractivity contribution is 7.89. The van der Waals surface area contributed by atoms with Gasteiger partial charge in [0, 0.05) is 25.2 Å². The average molecular weight is 470 g/mol. The average Bonchev–Trinajstić information content (AvgIpc) is 2.75. The first-order valence-electron chi connectivity index (χ1n) is 9.63. The van der Waals surface area contributed by atoms with Gasteiger partial charge in [-0.1, -0.05) is 24.6 Å². The summed E-state index contributed by atoms with van der Waals surface area (Å²) in [6.07, 6.45) is 0.611. The standard InChI is InChI=1S/C20H27N3O6S2/c1-4-11-22-31(27,28)19-14-16(7-10-18(19)29-3)20(24)21-12-13-23-30(25,26)17-8-5-15(2)6-9-17/h5-10,14,22-23H,4,11-13H2,1-3H3,(H,21,24). The largest absolute Gasteiger partial charge is 0.495 e. The Bertz CT molecular complexity index is 1110. The number of ether oxygens (including phenoxy) is 1. The Morgan fingerprint density at radius 3 is 2.16 bits per heavy atom. The topological polar surface area (TPSA) is 131 Å². The molecular weight excluding hydrogens is 442 g/mol. The lowest BCUT2D eigenvalue weighted by atomic mass is 10.2. The summed E-state index contributed by atoms with van der Waals surface area (Å²) in [7, 11) is -6.19. The monoisotopic (exact) mass is 469 g/mol. The molecule has 2 rings (SSSR count). The minimum Gasteiger partial charge on any atom is -0.495 e. The van der Waals surface area contributed by atoms with Crippen molar-refractivity contribution in [2.24, 2.45) is 0 Å². The minimum atomic E-state index is -3.85. The van der Waals surface area contributed by atoms with E-state index in [0.717, 1.165) is 5.56 Å². The fourth-order valence-electron chi connectivity index (χ4n) is 2.61. The van der Waals surface area contributed by atoms with Crippen LogP contribution in [-0.2, 0) is 20.0 Å². The summed E-state index contributed by atoms with van der Waals surface area (Å²) in [6.45, 7) is 3.93. The molecule has 0 saturated carbocycles. The molecule has 0 aliphatic carbocycles. The zero-order chi connectivity index (χ0) is 23.1. The molecule has 0 heterocycles. The number of hydrogen-bond acceptors (Lipinski definition) is 6. The van der Waals surface area contributed by atoms with Gasteiger partial charge < -0.3 is 10.1 Å². The zero-order valence-electron chi connectivity index (χ0n) is 17.6. The number of aryl methyl sites for hydroxylation is 1. The minimum absolute atomic E-state index is 0.0200. The SMILES string of the molecule is CCCNS(=O)(=O)c1cc(C(=O)NCCNS(=O)(=O)c2ccc(C)cc2)ccc1OC. The molecule has 0 bridgehead atoms. The van der Waals surface area contributed by atoms with Crippen molar-refractivity contribution < 1.29 is 26.4 Å². The number of rotatable bonds is 11. The van der Waals surface area contributed by atoms with Crippen LogP contribution in [0.1, 0.15) is 29.3 Å². The van der Waals surface area contributed by atoms with Gasteiger partial charge in [-0.3, -0.25) is 4.79 Å². The molecule has 11 heteroatoms. The van der Waals surface area contributed by atoms with E-state index < -0.39 is 26.0 Å². The molecule has 2 aromatic carbocycles. The third kappa shape index (κ3) is 6.76. The molecular formula is C20H27N3O6S2. The first kappa shape index (κ1) is 24.8. The first-order valence-corrected chi connectivity index (χ1v) is 12.6. The quantitative estimate of drug-likeness (QED) is 0.427. The van der Waals surface area contributed by atoms with Crippen LogP contribution in [0.3, 0.4) is 0 Å². The molecule has 0 fully saturated rings. The van der Waals surface area contributed by atoms with Gasteiger partial charge in [0.25, 0.3) is 5.91 Å². The van der Waals surface area contributed by atoms with Gasteiger partial charge >= 0.3 is 0 Å². The number of hydrogen-bond donors (Lipinski definition) is 3. The van der Waals surface area contributed by atoms with Gasteiger partial charge in [-0.15, -0.1) is 0 Å². The summed E-state index contributed by atoms with van der Waals surface area (Å²) in [6, 6.07) is 10.5. The third-order valence-electron chi connectivity index (χ3n) is 4.29. The van der Waals surface area contributed by atoms with E-state index in [-0.39, 0.29) is 40.7 Å². The van der Waals surface area contributed by atoms with Gasteiger partial charge in [-0.05, 0) is 43.7 Å². The summed E-state index contributed by atoms with van der Waals surface area (Å²) in [5.74, 6) is -0.421. The molecule has 1 amide bonds. The molecule has 9 nitrogen and oxygen atoms in total. The van der Waals surface area contributed by atoms with Gasteiger partial charge in [-0.2, -0.15) is 0 Å². The van der Waals surface area contributed by atoms with E-state index in [1.165, 1.54) is 37.4 Å².